The first-order valence-corrected chi connectivity index (χ1v) is 7.93. The highest BCUT2D eigenvalue weighted by Crippen LogP contribution is 2.36. The van der Waals surface area contributed by atoms with Crippen LogP contribution >= 0.6 is 0 Å². The zero-order chi connectivity index (χ0) is 12.8. The van der Waals surface area contributed by atoms with Crippen molar-refractivity contribution in [2.75, 3.05) is 26.2 Å². The lowest BCUT2D eigenvalue weighted by Crippen LogP contribution is -2.45. The first-order chi connectivity index (χ1) is 8.85. The quantitative estimate of drug-likeness (QED) is 0.729. The third-order valence-electron chi connectivity index (χ3n) is 4.78. The third kappa shape index (κ3) is 3.69. The monoisotopic (exact) mass is 254 g/mol. The van der Waals surface area contributed by atoms with Crippen LogP contribution in [0, 0.1) is 5.92 Å². The van der Waals surface area contributed by atoms with Crippen molar-refractivity contribution in [2.24, 2.45) is 5.92 Å². The molecule has 1 saturated carbocycles. The van der Waals surface area contributed by atoms with Crippen LogP contribution in [0.1, 0.15) is 51.9 Å². The summed E-state index contributed by atoms with van der Waals surface area (Å²) in [4.78, 5) is 2.71. The Kier molecular flexibility index (Phi) is 5.93. The molecule has 0 bridgehead atoms. The van der Waals surface area contributed by atoms with Crippen LogP contribution in [0.3, 0.4) is 0 Å². The predicted octanol–water partition coefficient (Wildman–Crippen LogP) is 2.00. The number of aliphatic hydroxyl groups is 1. The molecule has 106 valence electrons. The van der Waals surface area contributed by atoms with Gasteiger partial charge in [0.15, 0.2) is 0 Å². The Balaban J connectivity index is 1.74. The Morgan fingerprint density at radius 2 is 2.11 bits per heavy atom. The van der Waals surface area contributed by atoms with Crippen molar-refractivity contribution in [3.8, 4) is 0 Å². The van der Waals surface area contributed by atoms with Gasteiger partial charge in [0, 0.05) is 18.6 Å². The molecule has 0 spiro atoms. The van der Waals surface area contributed by atoms with Crippen LogP contribution in [0.2, 0.25) is 0 Å². The highest BCUT2D eigenvalue weighted by Gasteiger charge is 2.34. The van der Waals surface area contributed by atoms with Gasteiger partial charge >= 0.3 is 0 Å². The van der Waals surface area contributed by atoms with Crippen LogP contribution in [-0.2, 0) is 0 Å². The second-order valence-corrected chi connectivity index (χ2v) is 6.06. The van der Waals surface area contributed by atoms with Gasteiger partial charge in [-0.05, 0) is 57.5 Å². The van der Waals surface area contributed by atoms with Gasteiger partial charge in [0.25, 0.3) is 0 Å². The number of fused-ring (bicyclic) bond motifs is 1. The van der Waals surface area contributed by atoms with Crippen LogP contribution in [-0.4, -0.2) is 48.3 Å². The van der Waals surface area contributed by atoms with E-state index < -0.39 is 0 Å². The second-order valence-electron chi connectivity index (χ2n) is 6.06. The van der Waals surface area contributed by atoms with E-state index in [1.165, 1.54) is 45.2 Å². The molecule has 0 aromatic heterocycles. The molecule has 3 nitrogen and oxygen atoms in total. The van der Waals surface area contributed by atoms with E-state index >= 15 is 0 Å². The van der Waals surface area contributed by atoms with Gasteiger partial charge in [-0.3, -0.25) is 0 Å². The predicted molar refractivity (Wildman–Crippen MR) is 75.7 cm³/mol. The molecule has 2 N–H and O–H groups in total. The van der Waals surface area contributed by atoms with Crippen LogP contribution in [0.4, 0.5) is 0 Å². The van der Waals surface area contributed by atoms with Crippen LogP contribution in [0.5, 0.6) is 0 Å². The van der Waals surface area contributed by atoms with Crippen molar-refractivity contribution < 1.29 is 5.11 Å². The van der Waals surface area contributed by atoms with Crippen molar-refractivity contribution in [1.82, 2.24) is 10.2 Å². The minimum Gasteiger partial charge on any atom is -0.395 e. The average molecular weight is 254 g/mol. The minimum absolute atomic E-state index is 0.280. The summed E-state index contributed by atoms with van der Waals surface area (Å²) in [7, 11) is 0. The normalized spacial score (nSPS) is 30.3. The van der Waals surface area contributed by atoms with E-state index in [2.05, 4.69) is 17.1 Å². The van der Waals surface area contributed by atoms with E-state index in [1.54, 1.807) is 0 Å². The van der Waals surface area contributed by atoms with E-state index in [-0.39, 0.29) is 6.61 Å². The smallest absolute Gasteiger partial charge is 0.0585 e. The van der Waals surface area contributed by atoms with Gasteiger partial charge in [0.1, 0.15) is 0 Å². The summed E-state index contributed by atoms with van der Waals surface area (Å²) in [6.07, 6.45) is 9.38. The number of aliphatic hydroxyl groups excluding tert-OH is 1. The Morgan fingerprint density at radius 1 is 1.28 bits per heavy atom. The molecule has 1 heterocycles. The summed E-state index contributed by atoms with van der Waals surface area (Å²) in [6, 6.07) is 1.16. The molecule has 3 unspecified atom stereocenters. The molecule has 0 aromatic carbocycles. The fraction of sp³-hybridized carbons (Fsp3) is 1.00. The molecule has 0 amide bonds. The number of hydrogen-bond donors (Lipinski definition) is 2. The van der Waals surface area contributed by atoms with Crippen molar-refractivity contribution in [1.29, 1.82) is 0 Å². The maximum atomic E-state index is 9.39. The molecule has 2 rings (SSSR count). The number of hydrogen-bond acceptors (Lipinski definition) is 3. The van der Waals surface area contributed by atoms with E-state index in [9.17, 15) is 5.11 Å². The molecule has 2 aliphatic rings. The number of piperidine rings is 1. The van der Waals surface area contributed by atoms with Gasteiger partial charge in [-0.15, -0.1) is 0 Å². The highest BCUT2D eigenvalue weighted by atomic mass is 16.3. The van der Waals surface area contributed by atoms with Crippen molar-refractivity contribution in [2.45, 2.75) is 64.0 Å². The summed E-state index contributed by atoms with van der Waals surface area (Å²) in [5.41, 5.74) is 0. The fourth-order valence-corrected chi connectivity index (χ4v) is 3.76. The third-order valence-corrected chi connectivity index (χ3v) is 4.78. The summed E-state index contributed by atoms with van der Waals surface area (Å²) in [6.45, 7) is 5.94. The molecule has 3 atom stereocenters. The van der Waals surface area contributed by atoms with Gasteiger partial charge in [-0.1, -0.05) is 13.3 Å². The van der Waals surface area contributed by atoms with E-state index in [1.807, 2.05) is 0 Å². The summed E-state index contributed by atoms with van der Waals surface area (Å²) in [5, 5.41) is 12.8. The molecule has 1 aliphatic heterocycles. The number of rotatable bonds is 7. The van der Waals surface area contributed by atoms with E-state index in [4.69, 9.17) is 0 Å². The molecule has 1 saturated heterocycles. The molecule has 1 aliphatic carbocycles. The standard InChI is InChI=1S/C15H30N2O/c1-2-9-16-14(12-18)8-11-17-10-4-6-13-5-3-7-15(13)17/h13-16,18H,2-12H2,1H3. The lowest BCUT2D eigenvalue weighted by molar-refractivity contribution is 0.103. The van der Waals surface area contributed by atoms with E-state index in [0.717, 1.165) is 31.3 Å². The summed E-state index contributed by atoms with van der Waals surface area (Å²) in [5.74, 6) is 0.981. The Morgan fingerprint density at radius 3 is 2.89 bits per heavy atom. The van der Waals surface area contributed by atoms with Gasteiger partial charge in [0.2, 0.25) is 0 Å². The molecule has 0 aromatic rings. The summed E-state index contributed by atoms with van der Waals surface area (Å²) < 4.78 is 0. The average Bonchev–Trinajstić information content (AvgIpc) is 2.88. The number of nitrogens with zero attached hydrogens (tertiary/aromatic N) is 1. The second kappa shape index (κ2) is 7.46. The molecular formula is C15H30N2O. The molecular weight excluding hydrogens is 224 g/mol. The van der Waals surface area contributed by atoms with Crippen LogP contribution < -0.4 is 5.32 Å². The topological polar surface area (TPSA) is 35.5 Å². The van der Waals surface area contributed by atoms with Gasteiger partial charge < -0.3 is 15.3 Å². The Bertz CT molecular complexity index is 235. The molecule has 18 heavy (non-hydrogen) atoms. The number of likely N-dealkylation sites (tertiary alicyclic amines) is 1. The Labute approximate surface area is 112 Å². The Hall–Kier alpha value is -0.120. The lowest BCUT2D eigenvalue weighted by Gasteiger charge is -2.38. The lowest BCUT2D eigenvalue weighted by atomic mass is 9.91. The van der Waals surface area contributed by atoms with Gasteiger partial charge in [-0.25, -0.2) is 0 Å². The zero-order valence-electron chi connectivity index (χ0n) is 11.9. The molecule has 3 heteroatoms. The summed E-state index contributed by atoms with van der Waals surface area (Å²) >= 11 is 0. The molecule has 2 fully saturated rings. The van der Waals surface area contributed by atoms with Gasteiger partial charge in [0.05, 0.1) is 6.61 Å². The van der Waals surface area contributed by atoms with Crippen LogP contribution in [0.15, 0.2) is 0 Å². The maximum Gasteiger partial charge on any atom is 0.0585 e. The SMILES string of the molecule is CCCNC(CO)CCN1CCCC2CCCC21. The largest absolute Gasteiger partial charge is 0.395 e. The van der Waals surface area contributed by atoms with Crippen molar-refractivity contribution in [3.05, 3.63) is 0 Å². The first-order valence-electron chi connectivity index (χ1n) is 7.93. The number of nitrogens with one attached hydrogen (secondary N) is 1. The highest BCUT2D eigenvalue weighted by molar-refractivity contribution is 4.89. The fourth-order valence-electron chi connectivity index (χ4n) is 3.76. The van der Waals surface area contributed by atoms with Crippen molar-refractivity contribution >= 4 is 0 Å². The zero-order valence-corrected chi connectivity index (χ0v) is 11.9. The van der Waals surface area contributed by atoms with E-state index in [0.29, 0.717) is 6.04 Å². The minimum atomic E-state index is 0.280. The van der Waals surface area contributed by atoms with Crippen molar-refractivity contribution in [3.63, 3.8) is 0 Å². The maximum absolute atomic E-state index is 9.39. The van der Waals surface area contributed by atoms with Crippen LogP contribution in [0.25, 0.3) is 0 Å². The molecule has 0 radical (unpaired) electrons. The first kappa shape index (κ1) is 14.3. The van der Waals surface area contributed by atoms with Gasteiger partial charge in [-0.2, -0.15) is 0 Å².